The molecule has 0 saturated carbocycles. The minimum absolute atomic E-state index is 0.0212. The van der Waals surface area contributed by atoms with Gasteiger partial charge in [0.2, 0.25) is 70.9 Å². The fourth-order valence-electron chi connectivity index (χ4n) is 10.5. The van der Waals surface area contributed by atoms with Gasteiger partial charge in [-0.3, -0.25) is 72.3 Å². The minimum atomic E-state index is -2.09. The van der Waals surface area contributed by atoms with Gasteiger partial charge in [-0.25, -0.2) is 9.78 Å². The van der Waals surface area contributed by atoms with Gasteiger partial charge in [0.25, 0.3) is 0 Å². The highest BCUT2D eigenvalue weighted by atomic mass is 32.2. The van der Waals surface area contributed by atoms with E-state index in [1.54, 1.807) is 36.6 Å². The Morgan fingerprint density at radius 1 is 0.491 bits per heavy atom. The van der Waals surface area contributed by atoms with Crippen LogP contribution in [0.1, 0.15) is 101 Å². The van der Waals surface area contributed by atoms with Crippen LogP contribution in [0.2, 0.25) is 0 Å². The van der Waals surface area contributed by atoms with Gasteiger partial charge in [0.1, 0.15) is 72.2 Å². The number of hydrogen-bond acceptors (Lipinski definition) is 24. The van der Waals surface area contributed by atoms with Gasteiger partial charge in [-0.15, -0.1) is 0 Å². The molecule has 0 fully saturated rings. The van der Waals surface area contributed by atoms with Crippen LogP contribution in [0.15, 0.2) is 77.1 Å². The summed E-state index contributed by atoms with van der Waals surface area (Å²) >= 11 is 1.16. The van der Waals surface area contributed by atoms with Crippen LogP contribution in [0.3, 0.4) is 0 Å². The number of carboxylic acid groups (broad SMARTS) is 2. The van der Waals surface area contributed by atoms with E-state index < -0.39 is 193 Å². The van der Waals surface area contributed by atoms with Crippen LogP contribution >= 0.6 is 11.8 Å². The second-order valence-corrected chi connectivity index (χ2v) is 26.5. The number of guanidine groups is 2. The third-order valence-corrected chi connectivity index (χ3v) is 17.1. The molecular weight excluding hydrogens is 1460 g/mol. The number of nitrogens with one attached hydrogen (secondary N) is 12. The van der Waals surface area contributed by atoms with Crippen molar-refractivity contribution in [1.82, 2.24) is 68.5 Å². The second-order valence-electron chi connectivity index (χ2n) is 25.5. The summed E-state index contributed by atoms with van der Waals surface area (Å²) in [7, 11) is 0. The Morgan fingerprint density at radius 3 is 1.35 bits per heavy atom. The molecule has 0 aliphatic carbocycles. The highest BCUT2D eigenvalue weighted by Crippen LogP contribution is 2.15. The van der Waals surface area contributed by atoms with Crippen LogP contribution in [-0.4, -0.2) is 258 Å². The summed E-state index contributed by atoms with van der Waals surface area (Å²) in [6, 6.07) is -7.02. The molecule has 43 heteroatoms. The molecule has 0 radical (unpaired) electrons. The van der Waals surface area contributed by atoms with Gasteiger partial charge in [-0.1, -0.05) is 48.9 Å². The summed E-state index contributed by atoms with van der Waals surface area (Å²) in [5.41, 5.74) is 40.2. The molecule has 1 aromatic heterocycles. The van der Waals surface area contributed by atoms with Gasteiger partial charge in [0.15, 0.2) is 11.9 Å². The van der Waals surface area contributed by atoms with Crippen molar-refractivity contribution < 1.29 is 97.8 Å². The zero-order valence-corrected chi connectivity index (χ0v) is 61.9. The number of carboxylic acids is 2. The molecule has 12 amide bonds. The second kappa shape index (κ2) is 48.9. The Kier molecular flexibility index (Phi) is 41.3. The molecule has 2 aromatic carbocycles. The lowest BCUT2D eigenvalue weighted by atomic mass is 10.0. The number of aliphatic hydroxyl groups is 3. The van der Waals surface area contributed by atoms with Crippen molar-refractivity contribution in [2.45, 2.75) is 188 Å². The highest BCUT2D eigenvalue weighted by Gasteiger charge is 2.39. The third-order valence-electron chi connectivity index (χ3n) is 16.5. The van der Waals surface area contributed by atoms with Crippen LogP contribution in [-0.2, 0) is 86.4 Å². The molecule has 110 heavy (non-hydrogen) atoms. The topological polar surface area (TPSA) is 728 Å². The maximum atomic E-state index is 14.5. The Bertz CT molecular complexity index is 3590. The lowest BCUT2D eigenvalue weighted by Gasteiger charge is -2.29. The quantitative estimate of drug-likeness (QED) is 0.0142. The highest BCUT2D eigenvalue weighted by molar-refractivity contribution is 7.98. The summed E-state index contributed by atoms with van der Waals surface area (Å²) < 4.78 is 0. The summed E-state index contributed by atoms with van der Waals surface area (Å²) in [6.45, 7) is 1.13. The van der Waals surface area contributed by atoms with Crippen LogP contribution in [0.5, 0.6) is 5.75 Å². The standard InChI is InChI=1S/C67H104N22O20S/c1-34(91)52(63(106)85-47(30-51(95)96)61(104)84-45(27-36-11-5-4-6-12-36)59(102)83-46(28-37-16-18-39(93)19-17-37)60(103)86-48(65(108)109)29-38-31-75-33-78-38)89-58(101)44(22-26-110-3)82-62(105)49(32-90)87-64(107)53(35(2)92)88-57(100)43(20-21-50(70)94)81-56(99)42(15-10-25-77-67(73)74)80-55(98)41(14-9-24-76-66(71)72)79-54(97)40(69)13-7-8-23-68/h4-6,11-12,16-19,31,33-35,40-49,52-53,90-93H,7-10,13-15,20-30,32,68-69H2,1-3H3,(H2,70,94)(H,75,78)(H,79,97)(H,80,98)(H,81,99)(H,82,105)(H,83,102)(H,84,104)(H,85,106)(H,86,103)(H,87,107)(H,88,100)(H,89,101)(H,95,96)(H,108,109)(H4,71,72,76)(H4,73,74,77)/t34-,35-,40+,41+,42+,43+,44+,45+,46+,47+,48+,49+,52+,53+/m1/s1. The first-order valence-electron chi connectivity index (χ1n) is 35.0. The van der Waals surface area contributed by atoms with Crippen molar-refractivity contribution in [2.24, 2.45) is 50.1 Å². The number of carbonyl (C=O) groups is 14. The van der Waals surface area contributed by atoms with Crippen molar-refractivity contribution in [3.8, 4) is 5.75 Å². The SMILES string of the molecule is CSCC[C@H](NC(=O)[C@H](CO)NC(=O)[C@@H](NC(=O)[C@H](CCC(N)=O)NC(=O)[C@H](CCCN=C(N)N)NC(=O)[C@H](CCCN=C(N)N)NC(=O)[C@@H](N)CCCCN)[C@@H](C)O)C(=O)N[C@H](C(=O)N[C@@H](CC(=O)O)C(=O)N[C@@H](Cc1ccccc1)C(=O)N[C@@H](Cc1ccc(O)cc1)C(=O)N[C@@H](Cc1cnc[nH]1)C(=O)O)[C@@H](C)O. The molecule has 1 heterocycles. The number of aliphatic carboxylic acids is 2. The molecule has 0 saturated heterocycles. The molecule has 3 aromatic rings. The number of phenols is 1. The molecule has 608 valence electrons. The number of aliphatic imine (C=N–C) groups is 2. The number of benzene rings is 2. The summed E-state index contributed by atoms with van der Waals surface area (Å²) in [4.78, 5) is 206. The maximum Gasteiger partial charge on any atom is 0.326 e. The van der Waals surface area contributed by atoms with Crippen LogP contribution in [0, 0.1) is 0 Å². The monoisotopic (exact) mass is 1570 g/mol. The number of thioether (sulfide) groups is 1. The van der Waals surface area contributed by atoms with E-state index in [0.29, 0.717) is 36.2 Å². The number of nitrogens with zero attached hydrogens (tertiary/aromatic N) is 3. The number of unbranched alkanes of at least 4 members (excludes halogenated alkanes) is 1. The van der Waals surface area contributed by atoms with Crippen molar-refractivity contribution in [3.63, 3.8) is 0 Å². The number of H-pyrrole nitrogens is 1. The number of amides is 12. The number of nitrogens with two attached hydrogens (primary N) is 7. The lowest BCUT2D eigenvalue weighted by molar-refractivity contribution is -0.142. The number of aromatic nitrogens is 2. The Morgan fingerprint density at radius 2 is 0.909 bits per heavy atom. The van der Waals surface area contributed by atoms with Crippen molar-refractivity contribution in [3.05, 3.63) is 83.9 Å². The largest absolute Gasteiger partial charge is 0.508 e. The van der Waals surface area contributed by atoms with E-state index in [-0.39, 0.29) is 94.3 Å². The van der Waals surface area contributed by atoms with Crippen molar-refractivity contribution in [2.75, 3.05) is 38.2 Å². The molecule has 42 nitrogen and oxygen atoms in total. The summed E-state index contributed by atoms with van der Waals surface area (Å²) in [5.74, 6) is -17.2. The normalized spacial score (nSPS) is 14.8. The molecule has 3 rings (SSSR count). The molecule has 32 N–H and O–H groups in total. The number of rotatable bonds is 52. The number of primary amides is 1. The van der Waals surface area contributed by atoms with Gasteiger partial charge < -0.3 is 134 Å². The van der Waals surface area contributed by atoms with Crippen molar-refractivity contribution in [1.29, 1.82) is 0 Å². The average molecular weight is 1570 g/mol. The average Bonchev–Trinajstić information content (AvgIpc) is 0.888. The fourth-order valence-corrected chi connectivity index (χ4v) is 11.0. The molecule has 0 bridgehead atoms. The molecule has 0 aliphatic rings. The summed E-state index contributed by atoms with van der Waals surface area (Å²) in [6.07, 6.45) is -1.81. The Labute approximate surface area is 636 Å². The first-order valence-corrected chi connectivity index (χ1v) is 36.4. The zero-order valence-electron chi connectivity index (χ0n) is 61.1. The number of aromatic hydroxyl groups is 1. The smallest absolute Gasteiger partial charge is 0.326 e. The van der Waals surface area contributed by atoms with E-state index in [9.17, 15) is 97.8 Å². The number of aliphatic hydroxyl groups excluding tert-OH is 3. The van der Waals surface area contributed by atoms with E-state index in [4.69, 9.17) is 40.1 Å². The molecule has 0 spiro atoms. The zero-order chi connectivity index (χ0) is 82.2. The van der Waals surface area contributed by atoms with Crippen molar-refractivity contribution >= 4 is 107 Å². The van der Waals surface area contributed by atoms with E-state index in [1.165, 1.54) is 36.8 Å². The van der Waals surface area contributed by atoms with E-state index >= 15 is 0 Å². The number of hydrogen-bond donors (Lipinski definition) is 25. The number of carbonyl (C=O) groups excluding carboxylic acids is 12. The predicted octanol–water partition coefficient (Wildman–Crippen LogP) is -8.63. The third kappa shape index (κ3) is 34.7. The fraction of sp³-hybridized carbons (Fsp3) is 0.537. The van der Waals surface area contributed by atoms with Gasteiger partial charge in [-0.2, -0.15) is 11.8 Å². The Balaban J connectivity index is 1.90. The van der Waals surface area contributed by atoms with Gasteiger partial charge in [0, 0.05) is 50.7 Å². The lowest BCUT2D eigenvalue weighted by Crippen LogP contribution is -2.63. The number of aromatic amines is 1. The van der Waals surface area contributed by atoms with E-state index in [0.717, 1.165) is 25.6 Å². The van der Waals surface area contributed by atoms with E-state index in [1.807, 2.05) is 0 Å². The molecule has 0 unspecified atom stereocenters. The first kappa shape index (κ1) is 92.9. The maximum absolute atomic E-state index is 14.5. The molecule has 14 atom stereocenters. The van der Waals surface area contributed by atoms with E-state index in [2.05, 4.69) is 78.4 Å². The summed E-state index contributed by atoms with van der Waals surface area (Å²) in [5, 5.41) is 88.5. The molecule has 0 aliphatic heterocycles. The Hall–Kier alpha value is -11.3. The number of phenolic OH excluding ortho intramolecular Hbond substituents is 1. The van der Waals surface area contributed by atoms with Crippen LogP contribution in [0.25, 0.3) is 0 Å². The predicted molar refractivity (Wildman–Crippen MR) is 398 cm³/mol. The van der Waals surface area contributed by atoms with Crippen LogP contribution < -0.4 is 98.6 Å². The van der Waals surface area contributed by atoms with Crippen LogP contribution in [0.4, 0.5) is 0 Å². The van der Waals surface area contributed by atoms with Gasteiger partial charge >= 0.3 is 11.9 Å². The van der Waals surface area contributed by atoms with Gasteiger partial charge in [0.05, 0.1) is 37.6 Å². The first-order chi connectivity index (χ1) is 52.1. The molecular formula is C67H104N22O20S. The number of imidazole rings is 1. The minimum Gasteiger partial charge on any atom is -0.508 e. The van der Waals surface area contributed by atoms with Gasteiger partial charge in [-0.05, 0) is 107 Å².